The van der Waals surface area contributed by atoms with Crippen molar-refractivity contribution in [3.8, 4) is 0 Å². The largest absolute Gasteiger partial charge is 0.478 e. The Kier molecular flexibility index (Phi) is 3.62. The van der Waals surface area contributed by atoms with Gasteiger partial charge in [-0.1, -0.05) is 18.2 Å². The maximum Gasteiger partial charge on any atom is 0.328 e. The summed E-state index contributed by atoms with van der Waals surface area (Å²) >= 11 is 0. The molecule has 0 aliphatic rings. The molecular formula is C11H11NO3. The van der Waals surface area contributed by atoms with Crippen LogP contribution < -0.4 is 5.32 Å². The van der Waals surface area contributed by atoms with Gasteiger partial charge in [-0.3, -0.25) is 4.79 Å². The van der Waals surface area contributed by atoms with Crippen molar-refractivity contribution < 1.29 is 14.7 Å². The standard InChI is InChI=1S/C11H11NO3/c1-12-11(15)9-5-3-2-4-8(9)6-7-10(13)14/h2-7H,1H3,(H,12,15)(H,13,14)/b7-6+. The van der Waals surface area contributed by atoms with Gasteiger partial charge in [0.2, 0.25) is 0 Å². The first-order chi connectivity index (χ1) is 7.15. The van der Waals surface area contributed by atoms with Crippen LogP contribution in [0.3, 0.4) is 0 Å². The molecule has 2 N–H and O–H groups in total. The Labute approximate surface area is 87.2 Å². The average molecular weight is 205 g/mol. The van der Waals surface area contributed by atoms with Crippen LogP contribution in [0.2, 0.25) is 0 Å². The van der Waals surface area contributed by atoms with Gasteiger partial charge in [0, 0.05) is 18.7 Å². The van der Waals surface area contributed by atoms with E-state index in [4.69, 9.17) is 5.11 Å². The molecular weight excluding hydrogens is 194 g/mol. The summed E-state index contributed by atoms with van der Waals surface area (Å²) in [5.74, 6) is -1.28. The Balaban J connectivity index is 3.06. The van der Waals surface area contributed by atoms with Crippen LogP contribution in [0, 0.1) is 0 Å². The number of carboxylic acid groups (broad SMARTS) is 1. The fraction of sp³-hybridized carbons (Fsp3) is 0.0909. The van der Waals surface area contributed by atoms with E-state index in [1.165, 1.54) is 13.1 Å². The molecule has 1 amide bonds. The molecule has 4 heteroatoms. The summed E-state index contributed by atoms with van der Waals surface area (Å²) in [5, 5.41) is 11.0. The Morgan fingerprint density at radius 1 is 1.33 bits per heavy atom. The van der Waals surface area contributed by atoms with Gasteiger partial charge >= 0.3 is 5.97 Å². The van der Waals surface area contributed by atoms with Crippen molar-refractivity contribution in [2.75, 3.05) is 7.05 Å². The Morgan fingerprint density at radius 3 is 2.60 bits per heavy atom. The highest BCUT2D eigenvalue weighted by Crippen LogP contribution is 2.10. The van der Waals surface area contributed by atoms with E-state index in [1.54, 1.807) is 24.3 Å². The van der Waals surface area contributed by atoms with E-state index in [0.29, 0.717) is 11.1 Å². The van der Waals surface area contributed by atoms with Gasteiger partial charge in [-0.2, -0.15) is 0 Å². The number of carbonyl (C=O) groups is 2. The Hall–Kier alpha value is -2.10. The van der Waals surface area contributed by atoms with E-state index in [2.05, 4.69) is 5.32 Å². The second kappa shape index (κ2) is 4.95. The molecule has 0 aromatic heterocycles. The first-order valence-electron chi connectivity index (χ1n) is 4.37. The second-order valence-corrected chi connectivity index (χ2v) is 2.84. The van der Waals surface area contributed by atoms with Crippen molar-refractivity contribution in [2.45, 2.75) is 0 Å². The molecule has 0 aliphatic heterocycles. The van der Waals surface area contributed by atoms with Gasteiger partial charge in [-0.15, -0.1) is 0 Å². The number of rotatable bonds is 3. The summed E-state index contributed by atoms with van der Waals surface area (Å²) < 4.78 is 0. The van der Waals surface area contributed by atoms with Gasteiger partial charge in [0.1, 0.15) is 0 Å². The van der Waals surface area contributed by atoms with E-state index in [1.807, 2.05) is 0 Å². The Morgan fingerprint density at radius 2 is 2.00 bits per heavy atom. The molecule has 0 bridgehead atoms. The lowest BCUT2D eigenvalue weighted by Gasteiger charge is -2.03. The minimum absolute atomic E-state index is 0.236. The molecule has 0 unspecified atom stereocenters. The van der Waals surface area contributed by atoms with Crippen LogP contribution in [0.25, 0.3) is 6.08 Å². The summed E-state index contributed by atoms with van der Waals surface area (Å²) in [5.41, 5.74) is 1.04. The molecule has 0 spiro atoms. The summed E-state index contributed by atoms with van der Waals surface area (Å²) in [7, 11) is 1.53. The molecule has 1 rings (SSSR count). The first kappa shape index (κ1) is 11.0. The smallest absolute Gasteiger partial charge is 0.328 e. The van der Waals surface area contributed by atoms with Gasteiger partial charge in [0.15, 0.2) is 0 Å². The van der Waals surface area contributed by atoms with E-state index in [-0.39, 0.29) is 5.91 Å². The predicted octanol–water partition coefficient (Wildman–Crippen LogP) is 1.14. The van der Waals surface area contributed by atoms with Crippen LogP contribution in [-0.2, 0) is 4.79 Å². The quantitative estimate of drug-likeness (QED) is 0.727. The summed E-state index contributed by atoms with van der Waals surface area (Å²) in [6.45, 7) is 0. The Bertz CT molecular complexity index is 410. The third-order valence-corrected chi connectivity index (χ3v) is 1.84. The first-order valence-corrected chi connectivity index (χ1v) is 4.37. The van der Waals surface area contributed by atoms with Gasteiger partial charge in [0.05, 0.1) is 0 Å². The highest BCUT2D eigenvalue weighted by atomic mass is 16.4. The maximum absolute atomic E-state index is 11.4. The van der Waals surface area contributed by atoms with E-state index in [0.717, 1.165) is 6.08 Å². The maximum atomic E-state index is 11.4. The number of benzene rings is 1. The van der Waals surface area contributed by atoms with Crippen molar-refractivity contribution in [3.63, 3.8) is 0 Å². The normalized spacial score (nSPS) is 10.2. The molecule has 0 aliphatic carbocycles. The van der Waals surface area contributed by atoms with Crippen molar-refractivity contribution in [3.05, 3.63) is 41.5 Å². The number of nitrogens with one attached hydrogen (secondary N) is 1. The van der Waals surface area contributed by atoms with E-state index in [9.17, 15) is 9.59 Å². The fourth-order valence-electron chi connectivity index (χ4n) is 1.14. The minimum Gasteiger partial charge on any atom is -0.478 e. The number of aliphatic carboxylic acids is 1. The monoisotopic (exact) mass is 205 g/mol. The predicted molar refractivity (Wildman–Crippen MR) is 56.5 cm³/mol. The lowest BCUT2D eigenvalue weighted by molar-refractivity contribution is -0.131. The highest BCUT2D eigenvalue weighted by Gasteiger charge is 2.06. The van der Waals surface area contributed by atoms with E-state index >= 15 is 0 Å². The van der Waals surface area contributed by atoms with Crippen LogP contribution >= 0.6 is 0 Å². The van der Waals surface area contributed by atoms with Crippen molar-refractivity contribution in [2.24, 2.45) is 0 Å². The number of carbonyl (C=O) groups excluding carboxylic acids is 1. The average Bonchev–Trinajstić information content (AvgIpc) is 2.25. The number of hydrogen-bond donors (Lipinski definition) is 2. The van der Waals surface area contributed by atoms with Crippen LogP contribution in [0.4, 0.5) is 0 Å². The molecule has 1 aromatic carbocycles. The summed E-state index contributed by atoms with van der Waals surface area (Å²) in [6, 6.07) is 6.79. The second-order valence-electron chi connectivity index (χ2n) is 2.84. The topological polar surface area (TPSA) is 66.4 Å². The molecule has 15 heavy (non-hydrogen) atoms. The van der Waals surface area contributed by atoms with Crippen LogP contribution in [0.1, 0.15) is 15.9 Å². The lowest BCUT2D eigenvalue weighted by Crippen LogP contribution is -2.18. The third-order valence-electron chi connectivity index (χ3n) is 1.84. The fourth-order valence-corrected chi connectivity index (χ4v) is 1.14. The molecule has 0 radical (unpaired) electrons. The van der Waals surface area contributed by atoms with Gasteiger partial charge in [-0.25, -0.2) is 4.79 Å². The van der Waals surface area contributed by atoms with Gasteiger partial charge < -0.3 is 10.4 Å². The van der Waals surface area contributed by atoms with Crippen molar-refractivity contribution >= 4 is 18.0 Å². The minimum atomic E-state index is -1.04. The van der Waals surface area contributed by atoms with Crippen LogP contribution in [0.5, 0.6) is 0 Å². The zero-order valence-corrected chi connectivity index (χ0v) is 8.23. The van der Waals surface area contributed by atoms with Gasteiger partial charge in [0.25, 0.3) is 5.91 Å². The van der Waals surface area contributed by atoms with E-state index < -0.39 is 5.97 Å². The number of hydrogen-bond acceptors (Lipinski definition) is 2. The van der Waals surface area contributed by atoms with Crippen LogP contribution in [-0.4, -0.2) is 24.0 Å². The highest BCUT2D eigenvalue weighted by molar-refractivity contribution is 5.98. The number of carboxylic acids is 1. The molecule has 1 aromatic rings. The summed E-state index contributed by atoms with van der Waals surface area (Å²) in [6.07, 6.45) is 2.40. The lowest BCUT2D eigenvalue weighted by atomic mass is 10.1. The van der Waals surface area contributed by atoms with Crippen molar-refractivity contribution in [1.82, 2.24) is 5.32 Å². The molecule has 0 saturated carbocycles. The number of amides is 1. The zero-order chi connectivity index (χ0) is 11.3. The molecule has 4 nitrogen and oxygen atoms in total. The molecule has 0 saturated heterocycles. The molecule has 0 fully saturated rings. The van der Waals surface area contributed by atoms with Crippen LogP contribution in [0.15, 0.2) is 30.3 Å². The van der Waals surface area contributed by atoms with Gasteiger partial charge in [-0.05, 0) is 17.7 Å². The molecule has 0 atom stereocenters. The zero-order valence-electron chi connectivity index (χ0n) is 8.23. The third kappa shape index (κ3) is 2.95. The SMILES string of the molecule is CNC(=O)c1ccccc1/C=C/C(=O)O. The molecule has 78 valence electrons. The molecule has 0 heterocycles. The van der Waals surface area contributed by atoms with Crippen molar-refractivity contribution in [1.29, 1.82) is 0 Å². The summed E-state index contributed by atoms with van der Waals surface area (Å²) in [4.78, 5) is 21.7.